The van der Waals surface area contributed by atoms with Crippen LogP contribution in [0.15, 0.2) is 34.2 Å². The molecule has 10 nitrogen and oxygen atoms in total. The van der Waals surface area contributed by atoms with Gasteiger partial charge in [-0.25, -0.2) is 14.2 Å². The van der Waals surface area contributed by atoms with E-state index in [9.17, 15) is 14.3 Å². The van der Waals surface area contributed by atoms with E-state index in [0.717, 1.165) is 12.8 Å². The average molecular weight is 443 g/mol. The molecule has 1 aliphatic carbocycles. The number of imidazole rings is 1. The summed E-state index contributed by atoms with van der Waals surface area (Å²) in [7, 11) is 0. The number of nitrogens with zero attached hydrogens (tertiary/aromatic N) is 5. The number of hydrogen-bond acceptors (Lipinski definition) is 7. The number of aromatic nitrogens is 6. The third kappa shape index (κ3) is 3.99. The van der Waals surface area contributed by atoms with E-state index in [1.54, 1.807) is 0 Å². The van der Waals surface area contributed by atoms with Gasteiger partial charge in [-0.2, -0.15) is 19.6 Å². The van der Waals surface area contributed by atoms with Crippen LogP contribution < -0.4 is 21.8 Å². The standard InChI is InChI=1S/C19H16ClFN8O2/c20-13-4-1-11(21)5-9(13)7-22-17-26-15-10(6-14-16(30)27-19(31)25-14)8-23-29(15)18(28-17)24-12-2-3-12/h1,4-6,8,12,30H,2-3,7H2,(H,22,24,28)(H2,25,27,31)/b10-6-. The maximum atomic E-state index is 13.6. The number of nitrogens with one attached hydrogen (secondary N) is 3. The van der Waals surface area contributed by atoms with Crippen molar-refractivity contribution in [2.45, 2.75) is 25.4 Å². The topological polar surface area (TPSA) is 136 Å². The SMILES string of the molecule is O=c1[nH]c(O)c(/C=c2/cnn3c(=NC4CC4)nc(NCc4cc(F)ccc4Cl)nc23)[nH]1. The zero-order valence-electron chi connectivity index (χ0n) is 15.9. The molecule has 0 amide bonds. The molecule has 3 aromatic heterocycles. The van der Waals surface area contributed by atoms with Crippen molar-refractivity contribution in [2.24, 2.45) is 4.99 Å². The lowest BCUT2D eigenvalue weighted by Crippen LogP contribution is -2.24. The molecule has 1 fully saturated rings. The predicted octanol–water partition coefficient (Wildman–Crippen LogP) is 0.862. The van der Waals surface area contributed by atoms with Crippen LogP contribution in [-0.4, -0.2) is 40.7 Å². The Labute approximate surface area is 178 Å². The fourth-order valence-corrected chi connectivity index (χ4v) is 3.20. The van der Waals surface area contributed by atoms with E-state index in [-0.39, 0.29) is 30.1 Å². The molecule has 158 valence electrons. The molecule has 4 N–H and O–H groups in total. The van der Waals surface area contributed by atoms with Crippen LogP contribution in [0, 0.1) is 5.82 Å². The highest BCUT2D eigenvalue weighted by atomic mass is 35.5. The van der Waals surface area contributed by atoms with Gasteiger partial charge in [0.2, 0.25) is 11.8 Å². The molecule has 1 saturated carbocycles. The fourth-order valence-electron chi connectivity index (χ4n) is 3.01. The lowest BCUT2D eigenvalue weighted by Gasteiger charge is -2.07. The van der Waals surface area contributed by atoms with Gasteiger partial charge in [0.15, 0.2) is 5.65 Å². The molecule has 0 bridgehead atoms. The van der Waals surface area contributed by atoms with Crippen molar-refractivity contribution < 1.29 is 9.50 Å². The molecule has 31 heavy (non-hydrogen) atoms. The Morgan fingerprint density at radius 2 is 2.19 bits per heavy atom. The number of benzene rings is 1. The predicted molar refractivity (Wildman–Crippen MR) is 110 cm³/mol. The summed E-state index contributed by atoms with van der Waals surface area (Å²) in [4.78, 5) is 29.7. The van der Waals surface area contributed by atoms with Crippen LogP contribution in [0.5, 0.6) is 5.88 Å². The number of halogens is 2. The molecule has 0 radical (unpaired) electrons. The molecule has 0 aliphatic heterocycles. The normalized spacial score (nSPS) is 15.2. The third-order valence-corrected chi connectivity index (χ3v) is 5.07. The number of anilines is 1. The summed E-state index contributed by atoms with van der Waals surface area (Å²) in [5, 5.41) is 18.2. The molecular weight excluding hydrogens is 427 g/mol. The summed E-state index contributed by atoms with van der Waals surface area (Å²) in [6, 6.07) is 4.30. The lowest BCUT2D eigenvalue weighted by atomic mass is 10.2. The number of H-pyrrole nitrogens is 2. The maximum absolute atomic E-state index is 13.6. The Bertz CT molecular complexity index is 1470. The van der Waals surface area contributed by atoms with Crippen molar-refractivity contribution in [3.05, 3.63) is 67.8 Å². The van der Waals surface area contributed by atoms with E-state index in [4.69, 9.17) is 11.6 Å². The van der Waals surface area contributed by atoms with Crippen molar-refractivity contribution >= 4 is 29.3 Å². The monoisotopic (exact) mass is 442 g/mol. The van der Waals surface area contributed by atoms with Gasteiger partial charge in [-0.3, -0.25) is 4.98 Å². The number of rotatable bonds is 5. The zero-order valence-corrected chi connectivity index (χ0v) is 16.7. The van der Waals surface area contributed by atoms with Crippen molar-refractivity contribution in [1.82, 2.24) is 29.5 Å². The molecule has 0 spiro atoms. The number of aromatic hydroxyl groups is 1. The largest absolute Gasteiger partial charge is 0.493 e. The first kappa shape index (κ1) is 19.2. The summed E-state index contributed by atoms with van der Waals surface area (Å²) in [6.07, 6.45) is 5.03. The summed E-state index contributed by atoms with van der Waals surface area (Å²) in [5.74, 6) is -0.426. The molecule has 1 aromatic carbocycles. The fraction of sp³-hybridized carbons (Fsp3) is 0.211. The minimum absolute atomic E-state index is 0.185. The van der Waals surface area contributed by atoms with Gasteiger partial charge in [-0.05, 0) is 42.7 Å². The van der Waals surface area contributed by atoms with Gasteiger partial charge in [0.1, 0.15) is 11.5 Å². The highest BCUT2D eigenvalue weighted by molar-refractivity contribution is 6.31. The molecule has 0 saturated heterocycles. The van der Waals surface area contributed by atoms with E-state index in [1.165, 1.54) is 35.0 Å². The van der Waals surface area contributed by atoms with Crippen molar-refractivity contribution in [1.29, 1.82) is 0 Å². The summed E-state index contributed by atoms with van der Waals surface area (Å²) >= 11 is 6.14. The van der Waals surface area contributed by atoms with Gasteiger partial charge in [-0.1, -0.05) is 11.6 Å². The van der Waals surface area contributed by atoms with Crippen LogP contribution >= 0.6 is 11.6 Å². The lowest BCUT2D eigenvalue weighted by molar-refractivity contribution is 0.454. The minimum Gasteiger partial charge on any atom is -0.493 e. The Morgan fingerprint density at radius 1 is 1.35 bits per heavy atom. The summed E-state index contributed by atoms with van der Waals surface area (Å²) in [5.41, 5.74) is 1.00. The first-order valence-electron chi connectivity index (χ1n) is 9.47. The Kier molecular flexibility index (Phi) is 4.66. The second kappa shape index (κ2) is 7.51. The summed E-state index contributed by atoms with van der Waals surface area (Å²) < 4.78 is 15.0. The van der Waals surface area contributed by atoms with Crippen LogP contribution in [0.4, 0.5) is 10.3 Å². The highest BCUT2D eigenvalue weighted by Gasteiger charge is 2.21. The van der Waals surface area contributed by atoms with Gasteiger partial charge in [0.05, 0.1) is 12.2 Å². The van der Waals surface area contributed by atoms with Crippen molar-refractivity contribution in [2.75, 3.05) is 5.32 Å². The van der Waals surface area contributed by atoms with Crippen LogP contribution in [-0.2, 0) is 6.54 Å². The van der Waals surface area contributed by atoms with Crippen LogP contribution in [0.2, 0.25) is 5.02 Å². The Morgan fingerprint density at radius 3 is 2.94 bits per heavy atom. The van der Waals surface area contributed by atoms with Crippen LogP contribution in [0.3, 0.4) is 0 Å². The number of hydrogen-bond donors (Lipinski definition) is 4. The smallest absolute Gasteiger partial charge is 0.326 e. The van der Waals surface area contributed by atoms with E-state index in [0.29, 0.717) is 27.1 Å². The van der Waals surface area contributed by atoms with E-state index < -0.39 is 11.5 Å². The number of aromatic amines is 2. The molecule has 4 aromatic rings. The van der Waals surface area contributed by atoms with Crippen molar-refractivity contribution in [3.8, 4) is 5.88 Å². The van der Waals surface area contributed by atoms with Crippen LogP contribution in [0.1, 0.15) is 24.1 Å². The van der Waals surface area contributed by atoms with E-state index >= 15 is 0 Å². The summed E-state index contributed by atoms with van der Waals surface area (Å²) in [6.45, 7) is 0.203. The molecule has 5 rings (SSSR count). The average Bonchev–Trinajstić information content (AvgIpc) is 3.37. The zero-order chi connectivity index (χ0) is 21.5. The van der Waals surface area contributed by atoms with Crippen molar-refractivity contribution in [3.63, 3.8) is 0 Å². The van der Waals surface area contributed by atoms with E-state index in [2.05, 4.69) is 35.3 Å². The third-order valence-electron chi connectivity index (χ3n) is 4.70. The van der Waals surface area contributed by atoms with Crippen LogP contribution in [0.25, 0.3) is 11.7 Å². The molecule has 3 heterocycles. The molecule has 0 atom stereocenters. The molecule has 0 unspecified atom stereocenters. The molecule has 1 aliphatic rings. The highest BCUT2D eigenvalue weighted by Crippen LogP contribution is 2.22. The van der Waals surface area contributed by atoms with Gasteiger partial charge >= 0.3 is 5.69 Å². The van der Waals surface area contributed by atoms with Gasteiger partial charge in [0.25, 0.3) is 5.62 Å². The maximum Gasteiger partial charge on any atom is 0.326 e. The number of fused-ring (bicyclic) bond motifs is 1. The first-order chi connectivity index (χ1) is 15.0. The Balaban J connectivity index is 1.59. The second-order valence-electron chi connectivity index (χ2n) is 7.12. The first-order valence-corrected chi connectivity index (χ1v) is 9.84. The second-order valence-corrected chi connectivity index (χ2v) is 7.53. The van der Waals surface area contributed by atoms with Gasteiger partial charge < -0.3 is 15.4 Å². The minimum atomic E-state index is -0.534. The van der Waals surface area contributed by atoms with E-state index in [1.807, 2.05) is 0 Å². The molecule has 12 heteroatoms. The quantitative estimate of drug-likeness (QED) is 0.362. The molecular formula is C19H16ClFN8O2. The van der Waals surface area contributed by atoms with Gasteiger partial charge in [-0.15, -0.1) is 0 Å². The van der Waals surface area contributed by atoms with Gasteiger partial charge in [0, 0.05) is 16.8 Å². The Hall–Kier alpha value is -3.73.